The van der Waals surface area contributed by atoms with Crippen LogP contribution in [0.15, 0.2) is 12.3 Å². The number of unbranched alkanes of at least 4 members (excludes halogenated alkanes) is 12. The van der Waals surface area contributed by atoms with E-state index in [9.17, 15) is 0 Å². The third kappa shape index (κ3) is 17.5. The Labute approximate surface area is 127 Å². The predicted molar refractivity (Wildman–Crippen MR) is 91.2 cm³/mol. The molecule has 0 spiro atoms. The molecule has 120 valence electrons. The van der Waals surface area contributed by atoms with Gasteiger partial charge in [0, 0.05) is 0 Å². The molecule has 1 N–H and O–H groups in total. The van der Waals surface area contributed by atoms with Gasteiger partial charge in [-0.2, -0.15) is 0 Å². The second-order valence-corrected chi connectivity index (χ2v) is 6.60. The largest absolute Gasteiger partial charge is 0.516 e. The van der Waals surface area contributed by atoms with Crippen LogP contribution in [0.1, 0.15) is 104 Å². The smallest absolute Gasteiger partial charge is 0.0751 e. The molecule has 0 amide bonds. The van der Waals surface area contributed by atoms with Gasteiger partial charge in [0.1, 0.15) is 0 Å². The Morgan fingerprint density at radius 2 is 1.05 bits per heavy atom. The summed E-state index contributed by atoms with van der Waals surface area (Å²) >= 11 is 0. The van der Waals surface area contributed by atoms with Crippen LogP contribution in [-0.2, 0) is 0 Å². The van der Waals surface area contributed by atoms with Crippen LogP contribution < -0.4 is 0 Å². The molecule has 0 radical (unpaired) electrons. The molecule has 1 heteroatoms. The first-order valence-electron chi connectivity index (χ1n) is 9.06. The van der Waals surface area contributed by atoms with Crippen molar-refractivity contribution in [2.45, 2.75) is 104 Å². The Kier molecular flexibility index (Phi) is 16.2. The molecule has 0 bridgehead atoms. The van der Waals surface area contributed by atoms with Crippen LogP contribution in [0.2, 0.25) is 0 Å². The van der Waals surface area contributed by atoms with Crippen molar-refractivity contribution >= 4 is 0 Å². The van der Waals surface area contributed by atoms with Crippen molar-refractivity contribution < 1.29 is 5.11 Å². The first-order chi connectivity index (χ1) is 9.77. The Morgan fingerprint density at radius 1 is 0.650 bits per heavy atom. The van der Waals surface area contributed by atoms with Gasteiger partial charge in [-0.1, -0.05) is 97.0 Å². The van der Waals surface area contributed by atoms with Gasteiger partial charge in [-0.25, -0.2) is 0 Å². The van der Waals surface area contributed by atoms with E-state index in [4.69, 9.17) is 5.11 Å². The third-order valence-corrected chi connectivity index (χ3v) is 4.01. The number of rotatable bonds is 15. The van der Waals surface area contributed by atoms with E-state index < -0.39 is 0 Å². The molecule has 0 aliphatic rings. The molecule has 0 unspecified atom stereocenters. The van der Waals surface area contributed by atoms with Crippen LogP contribution in [0, 0.1) is 5.92 Å². The van der Waals surface area contributed by atoms with Crippen LogP contribution in [0.25, 0.3) is 0 Å². The lowest BCUT2D eigenvalue weighted by Crippen LogP contribution is -1.87. The maximum absolute atomic E-state index is 8.50. The number of hydrogen-bond acceptors (Lipinski definition) is 1. The number of allylic oxidation sites excluding steroid dienone is 1. The SMILES string of the molecule is CC(C)CCCCCCCCCCCCCCC=CO. The molecule has 0 saturated heterocycles. The Balaban J connectivity index is 2.96. The second kappa shape index (κ2) is 16.6. The zero-order chi connectivity index (χ0) is 14.9. The summed E-state index contributed by atoms with van der Waals surface area (Å²) in [5.41, 5.74) is 0. The highest BCUT2D eigenvalue weighted by Gasteiger charge is 1.95. The zero-order valence-corrected chi connectivity index (χ0v) is 14.1. The number of aliphatic hydroxyl groups excluding tert-OH is 1. The first kappa shape index (κ1) is 19.5. The van der Waals surface area contributed by atoms with E-state index in [2.05, 4.69) is 13.8 Å². The lowest BCUT2D eigenvalue weighted by atomic mass is 10.0. The number of aliphatic hydroxyl groups is 1. The minimum Gasteiger partial charge on any atom is -0.516 e. The molecule has 0 aliphatic carbocycles. The Morgan fingerprint density at radius 3 is 1.45 bits per heavy atom. The summed E-state index contributed by atoms with van der Waals surface area (Å²) in [5, 5.41) is 8.50. The number of hydrogen-bond donors (Lipinski definition) is 1. The van der Waals surface area contributed by atoms with Crippen LogP contribution in [-0.4, -0.2) is 5.11 Å². The lowest BCUT2D eigenvalue weighted by molar-refractivity contribution is 0.469. The molecule has 0 aromatic heterocycles. The molecule has 0 aromatic carbocycles. The highest BCUT2D eigenvalue weighted by molar-refractivity contribution is 4.70. The van der Waals surface area contributed by atoms with Crippen LogP contribution in [0.4, 0.5) is 0 Å². The van der Waals surface area contributed by atoms with Gasteiger partial charge in [0.05, 0.1) is 6.26 Å². The average Bonchev–Trinajstić information content (AvgIpc) is 2.43. The van der Waals surface area contributed by atoms with Gasteiger partial charge in [0.15, 0.2) is 0 Å². The summed E-state index contributed by atoms with van der Waals surface area (Å²) in [6.45, 7) is 4.65. The van der Waals surface area contributed by atoms with E-state index in [-0.39, 0.29) is 0 Å². The van der Waals surface area contributed by atoms with Gasteiger partial charge < -0.3 is 5.11 Å². The van der Waals surface area contributed by atoms with Gasteiger partial charge in [-0.3, -0.25) is 0 Å². The van der Waals surface area contributed by atoms with Gasteiger partial charge in [-0.15, -0.1) is 0 Å². The topological polar surface area (TPSA) is 20.2 Å². The maximum atomic E-state index is 8.50. The van der Waals surface area contributed by atoms with Crippen molar-refractivity contribution in [1.82, 2.24) is 0 Å². The predicted octanol–water partition coefficient (Wildman–Crippen LogP) is 7.18. The van der Waals surface area contributed by atoms with E-state index in [1.54, 1.807) is 0 Å². The van der Waals surface area contributed by atoms with Crippen molar-refractivity contribution in [3.05, 3.63) is 12.3 Å². The highest BCUT2D eigenvalue weighted by Crippen LogP contribution is 2.14. The van der Waals surface area contributed by atoms with Gasteiger partial charge in [-0.05, 0) is 18.8 Å². The Hall–Kier alpha value is -0.460. The normalized spacial score (nSPS) is 11.8. The summed E-state index contributed by atoms with van der Waals surface area (Å²) in [7, 11) is 0. The zero-order valence-electron chi connectivity index (χ0n) is 14.1. The quantitative estimate of drug-likeness (QED) is 0.249. The van der Waals surface area contributed by atoms with E-state index >= 15 is 0 Å². The van der Waals surface area contributed by atoms with Gasteiger partial charge >= 0.3 is 0 Å². The minimum absolute atomic E-state index is 0.884. The van der Waals surface area contributed by atoms with Crippen LogP contribution in [0.5, 0.6) is 0 Å². The van der Waals surface area contributed by atoms with Crippen molar-refractivity contribution in [3.63, 3.8) is 0 Å². The monoisotopic (exact) mass is 282 g/mol. The molecule has 0 aromatic rings. The highest BCUT2D eigenvalue weighted by atomic mass is 16.2. The van der Waals surface area contributed by atoms with Crippen LogP contribution >= 0.6 is 0 Å². The fourth-order valence-electron chi connectivity index (χ4n) is 2.66. The molecule has 0 aliphatic heterocycles. The van der Waals surface area contributed by atoms with E-state index in [1.165, 1.54) is 89.7 Å². The fraction of sp³-hybridized carbons (Fsp3) is 0.895. The first-order valence-corrected chi connectivity index (χ1v) is 9.06. The standard InChI is InChI=1S/C19H38O/c1-19(2)17-15-13-11-9-7-5-3-4-6-8-10-12-14-16-18-20/h16,18-20H,3-15,17H2,1-2H3. The van der Waals surface area contributed by atoms with E-state index in [0.29, 0.717) is 0 Å². The maximum Gasteiger partial charge on any atom is 0.0751 e. The van der Waals surface area contributed by atoms with Crippen molar-refractivity contribution in [3.8, 4) is 0 Å². The summed E-state index contributed by atoms with van der Waals surface area (Å²) in [4.78, 5) is 0. The average molecular weight is 283 g/mol. The van der Waals surface area contributed by atoms with Gasteiger partial charge in [0.2, 0.25) is 0 Å². The molecule has 20 heavy (non-hydrogen) atoms. The molecular formula is C19H38O. The molecule has 0 rings (SSSR count). The molecule has 0 fully saturated rings. The molecular weight excluding hydrogens is 244 g/mol. The van der Waals surface area contributed by atoms with Crippen molar-refractivity contribution in [2.24, 2.45) is 5.92 Å². The molecule has 0 heterocycles. The second-order valence-electron chi connectivity index (χ2n) is 6.60. The van der Waals surface area contributed by atoms with E-state index in [0.717, 1.165) is 12.3 Å². The van der Waals surface area contributed by atoms with E-state index in [1.807, 2.05) is 6.08 Å². The summed E-state index contributed by atoms with van der Waals surface area (Å²) in [6, 6.07) is 0. The summed E-state index contributed by atoms with van der Waals surface area (Å²) < 4.78 is 0. The van der Waals surface area contributed by atoms with Crippen molar-refractivity contribution in [1.29, 1.82) is 0 Å². The molecule has 0 atom stereocenters. The van der Waals surface area contributed by atoms with Crippen molar-refractivity contribution in [2.75, 3.05) is 0 Å². The molecule has 1 nitrogen and oxygen atoms in total. The third-order valence-electron chi connectivity index (χ3n) is 4.01. The lowest BCUT2D eigenvalue weighted by Gasteiger charge is -2.04. The minimum atomic E-state index is 0.884. The summed E-state index contributed by atoms with van der Waals surface area (Å²) in [6.07, 6.45) is 22.3. The fourth-order valence-corrected chi connectivity index (χ4v) is 2.66. The van der Waals surface area contributed by atoms with Gasteiger partial charge in [0.25, 0.3) is 0 Å². The summed E-state index contributed by atoms with van der Waals surface area (Å²) in [5.74, 6) is 0.884. The molecule has 0 saturated carbocycles. The van der Waals surface area contributed by atoms with Crippen LogP contribution in [0.3, 0.4) is 0 Å². The Bertz CT molecular complexity index is 196.